The van der Waals surface area contributed by atoms with Gasteiger partial charge in [-0.2, -0.15) is 5.10 Å². The van der Waals surface area contributed by atoms with Crippen molar-refractivity contribution < 1.29 is 4.79 Å². The Hall–Kier alpha value is -1.36. The van der Waals surface area contributed by atoms with Gasteiger partial charge in [-0.05, 0) is 26.3 Å². The largest absolute Gasteiger partial charge is 0.308 e. The minimum atomic E-state index is -0.0592. The Morgan fingerprint density at radius 1 is 1.62 bits per heavy atom. The quantitative estimate of drug-likeness (QED) is 0.778. The molecule has 0 bridgehead atoms. The van der Waals surface area contributed by atoms with Gasteiger partial charge in [0.1, 0.15) is 0 Å². The summed E-state index contributed by atoms with van der Waals surface area (Å²) in [6, 6.07) is 1.82. The van der Waals surface area contributed by atoms with Gasteiger partial charge in [0.2, 0.25) is 5.91 Å². The molecule has 2 N–H and O–H groups in total. The number of amides is 1. The van der Waals surface area contributed by atoms with E-state index in [9.17, 15) is 4.79 Å². The van der Waals surface area contributed by atoms with Crippen LogP contribution in [0.1, 0.15) is 25.0 Å². The molecule has 1 atom stereocenters. The van der Waals surface area contributed by atoms with Gasteiger partial charge < -0.3 is 10.6 Å². The standard InChI is InChI=1S/C11H18N4O/c1-8-7-10(14-15(8)2)13-11(16)9-5-3-4-6-12-9/h7,9,12H,3-6H2,1-2H3,(H,13,14,16)/t9-/m1/s1. The van der Waals surface area contributed by atoms with E-state index in [0.29, 0.717) is 5.82 Å². The van der Waals surface area contributed by atoms with Crippen LogP contribution in [0.5, 0.6) is 0 Å². The Bertz CT molecular complexity index is 360. The summed E-state index contributed by atoms with van der Waals surface area (Å²) in [7, 11) is 1.86. The number of carbonyl (C=O) groups is 1. The number of anilines is 1. The molecular weight excluding hydrogens is 204 g/mol. The predicted molar refractivity (Wildman–Crippen MR) is 62.2 cm³/mol. The van der Waals surface area contributed by atoms with Crippen molar-refractivity contribution in [1.82, 2.24) is 15.1 Å². The summed E-state index contributed by atoms with van der Waals surface area (Å²) in [6.07, 6.45) is 3.19. The highest BCUT2D eigenvalue weighted by molar-refractivity contribution is 5.94. The van der Waals surface area contributed by atoms with E-state index in [0.717, 1.165) is 31.5 Å². The molecule has 16 heavy (non-hydrogen) atoms. The van der Waals surface area contributed by atoms with Crippen LogP contribution in [0.4, 0.5) is 5.82 Å². The van der Waals surface area contributed by atoms with Gasteiger partial charge in [0.15, 0.2) is 5.82 Å². The predicted octanol–water partition coefficient (Wildman–Crippen LogP) is 0.809. The smallest absolute Gasteiger partial charge is 0.242 e. The molecule has 1 saturated heterocycles. The third kappa shape index (κ3) is 2.41. The molecule has 2 rings (SSSR count). The first-order chi connectivity index (χ1) is 7.66. The maximum Gasteiger partial charge on any atom is 0.242 e. The van der Waals surface area contributed by atoms with Crippen LogP contribution in [0.2, 0.25) is 0 Å². The third-order valence-corrected chi connectivity index (χ3v) is 2.99. The summed E-state index contributed by atoms with van der Waals surface area (Å²) in [5.41, 5.74) is 1.03. The molecule has 1 aliphatic heterocycles. The van der Waals surface area contributed by atoms with Crippen LogP contribution in [0.15, 0.2) is 6.07 Å². The van der Waals surface area contributed by atoms with Gasteiger partial charge in [-0.1, -0.05) is 6.42 Å². The number of hydrogen-bond donors (Lipinski definition) is 2. The second kappa shape index (κ2) is 4.65. The van der Waals surface area contributed by atoms with Crippen LogP contribution in [-0.2, 0) is 11.8 Å². The molecule has 1 fully saturated rings. The van der Waals surface area contributed by atoms with Crippen molar-refractivity contribution in [2.24, 2.45) is 7.05 Å². The van der Waals surface area contributed by atoms with Gasteiger partial charge >= 0.3 is 0 Å². The average molecular weight is 222 g/mol. The first-order valence-electron chi connectivity index (χ1n) is 5.72. The van der Waals surface area contributed by atoms with E-state index in [1.807, 2.05) is 20.0 Å². The van der Waals surface area contributed by atoms with E-state index < -0.39 is 0 Å². The number of carbonyl (C=O) groups excluding carboxylic acids is 1. The molecule has 88 valence electrons. The molecule has 0 saturated carbocycles. The molecular formula is C11H18N4O. The van der Waals surface area contributed by atoms with E-state index in [1.54, 1.807) is 4.68 Å². The molecule has 5 heteroatoms. The van der Waals surface area contributed by atoms with Crippen molar-refractivity contribution in [2.45, 2.75) is 32.2 Å². The molecule has 0 radical (unpaired) electrons. The minimum Gasteiger partial charge on any atom is -0.308 e. The van der Waals surface area contributed by atoms with Crippen molar-refractivity contribution in [3.05, 3.63) is 11.8 Å². The van der Waals surface area contributed by atoms with Crippen LogP contribution in [0.3, 0.4) is 0 Å². The Morgan fingerprint density at radius 3 is 3.00 bits per heavy atom. The van der Waals surface area contributed by atoms with Gasteiger partial charge in [0.25, 0.3) is 0 Å². The number of piperidine rings is 1. The Morgan fingerprint density at radius 2 is 2.44 bits per heavy atom. The normalized spacial score (nSPS) is 20.8. The number of nitrogens with zero attached hydrogens (tertiary/aromatic N) is 2. The van der Waals surface area contributed by atoms with Crippen molar-refractivity contribution in [1.29, 1.82) is 0 Å². The summed E-state index contributed by atoms with van der Waals surface area (Å²) < 4.78 is 1.75. The van der Waals surface area contributed by atoms with Crippen LogP contribution in [-0.4, -0.2) is 28.3 Å². The van der Waals surface area contributed by atoms with Crippen LogP contribution in [0.25, 0.3) is 0 Å². The number of rotatable bonds is 2. The molecule has 5 nitrogen and oxygen atoms in total. The molecule has 0 spiro atoms. The second-order valence-corrected chi connectivity index (χ2v) is 4.29. The van der Waals surface area contributed by atoms with Gasteiger partial charge in [0, 0.05) is 18.8 Å². The second-order valence-electron chi connectivity index (χ2n) is 4.29. The van der Waals surface area contributed by atoms with E-state index in [-0.39, 0.29) is 11.9 Å². The Kier molecular flexibility index (Phi) is 3.24. The van der Waals surface area contributed by atoms with Crippen molar-refractivity contribution in [3.63, 3.8) is 0 Å². The first kappa shape index (κ1) is 11.1. The topological polar surface area (TPSA) is 59.0 Å². The van der Waals surface area contributed by atoms with Crippen molar-refractivity contribution >= 4 is 11.7 Å². The fraction of sp³-hybridized carbons (Fsp3) is 0.636. The maximum atomic E-state index is 11.9. The average Bonchev–Trinajstić information content (AvgIpc) is 2.59. The molecule has 1 aromatic heterocycles. The summed E-state index contributed by atoms with van der Waals surface area (Å²) in [5.74, 6) is 0.662. The summed E-state index contributed by atoms with van der Waals surface area (Å²) in [6.45, 7) is 2.89. The van der Waals surface area contributed by atoms with Crippen molar-refractivity contribution in [2.75, 3.05) is 11.9 Å². The number of hydrogen-bond acceptors (Lipinski definition) is 3. The SMILES string of the molecule is Cc1cc(NC(=O)[C@H]2CCCCN2)nn1C. The van der Waals surface area contributed by atoms with Crippen LogP contribution in [0, 0.1) is 6.92 Å². The van der Waals surface area contributed by atoms with Crippen LogP contribution < -0.4 is 10.6 Å². The lowest BCUT2D eigenvalue weighted by atomic mass is 10.0. The highest BCUT2D eigenvalue weighted by Gasteiger charge is 2.21. The Labute approximate surface area is 95.2 Å². The zero-order valence-electron chi connectivity index (χ0n) is 9.79. The highest BCUT2D eigenvalue weighted by atomic mass is 16.2. The monoisotopic (exact) mass is 222 g/mol. The number of aryl methyl sites for hydroxylation is 2. The minimum absolute atomic E-state index is 0.0257. The molecule has 1 aliphatic rings. The lowest BCUT2D eigenvalue weighted by molar-refractivity contribution is -0.118. The maximum absolute atomic E-state index is 11.9. The molecule has 1 aromatic rings. The van der Waals surface area contributed by atoms with E-state index >= 15 is 0 Å². The van der Waals surface area contributed by atoms with Gasteiger partial charge in [-0.25, -0.2) is 0 Å². The van der Waals surface area contributed by atoms with E-state index in [4.69, 9.17) is 0 Å². The molecule has 1 amide bonds. The van der Waals surface area contributed by atoms with Gasteiger partial charge in [0.05, 0.1) is 6.04 Å². The van der Waals surface area contributed by atoms with E-state index in [2.05, 4.69) is 15.7 Å². The first-order valence-corrected chi connectivity index (χ1v) is 5.72. The van der Waals surface area contributed by atoms with Crippen LogP contribution >= 0.6 is 0 Å². The highest BCUT2D eigenvalue weighted by Crippen LogP contribution is 2.11. The summed E-state index contributed by atoms with van der Waals surface area (Å²) in [5, 5.41) is 10.3. The number of aromatic nitrogens is 2. The summed E-state index contributed by atoms with van der Waals surface area (Å²) >= 11 is 0. The zero-order valence-corrected chi connectivity index (χ0v) is 9.79. The molecule has 0 aliphatic carbocycles. The lowest BCUT2D eigenvalue weighted by Gasteiger charge is -2.21. The fourth-order valence-corrected chi connectivity index (χ4v) is 1.91. The van der Waals surface area contributed by atoms with E-state index in [1.165, 1.54) is 0 Å². The molecule has 2 heterocycles. The number of nitrogens with one attached hydrogen (secondary N) is 2. The van der Waals surface area contributed by atoms with Gasteiger partial charge in [-0.15, -0.1) is 0 Å². The molecule has 0 aromatic carbocycles. The van der Waals surface area contributed by atoms with Gasteiger partial charge in [-0.3, -0.25) is 9.48 Å². The fourth-order valence-electron chi connectivity index (χ4n) is 1.91. The third-order valence-electron chi connectivity index (χ3n) is 2.99. The zero-order chi connectivity index (χ0) is 11.5. The lowest BCUT2D eigenvalue weighted by Crippen LogP contribution is -2.43. The Balaban J connectivity index is 1.95. The van der Waals surface area contributed by atoms with Crippen molar-refractivity contribution in [3.8, 4) is 0 Å². The summed E-state index contributed by atoms with van der Waals surface area (Å²) in [4.78, 5) is 11.9. The molecule has 0 unspecified atom stereocenters.